The van der Waals surface area contributed by atoms with Gasteiger partial charge in [-0.1, -0.05) is 25.1 Å². The third-order valence-corrected chi connectivity index (χ3v) is 3.70. The molecule has 0 aliphatic heterocycles. The molecule has 2 heterocycles. The summed E-state index contributed by atoms with van der Waals surface area (Å²) in [6.07, 6.45) is 5.70. The van der Waals surface area contributed by atoms with Crippen molar-refractivity contribution in [3.05, 3.63) is 66.2 Å². The number of nitrogens with one attached hydrogen (secondary N) is 1. The van der Waals surface area contributed by atoms with E-state index < -0.39 is 5.97 Å². The van der Waals surface area contributed by atoms with Crippen molar-refractivity contribution in [2.24, 2.45) is 0 Å². The molecule has 0 aliphatic carbocycles. The number of nitrogens with zero attached hydrogens (tertiary/aromatic N) is 3. The van der Waals surface area contributed by atoms with Crippen LogP contribution in [0.2, 0.25) is 0 Å². The first-order valence-electron chi connectivity index (χ1n) is 7.66. The van der Waals surface area contributed by atoms with Gasteiger partial charge in [-0.25, -0.2) is 9.48 Å². The summed E-state index contributed by atoms with van der Waals surface area (Å²) in [5, 5.41) is 7.72. The number of aromatic nitrogens is 3. The van der Waals surface area contributed by atoms with E-state index >= 15 is 0 Å². The lowest BCUT2D eigenvalue weighted by molar-refractivity contribution is 0.0602. The van der Waals surface area contributed by atoms with Crippen molar-refractivity contribution in [3.8, 4) is 5.69 Å². The number of carbonyl (C=O) groups is 1. The molecule has 122 valence electrons. The maximum atomic E-state index is 11.9. The zero-order chi connectivity index (χ0) is 16.9. The third kappa shape index (κ3) is 2.99. The molecule has 0 saturated carbocycles. The van der Waals surface area contributed by atoms with Crippen LogP contribution >= 0.6 is 0 Å². The van der Waals surface area contributed by atoms with E-state index in [1.807, 2.05) is 35.0 Å². The molecule has 0 spiro atoms. The number of hydrogen-bond donors (Lipinski definition) is 1. The molecule has 2 aromatic heterocycles. The number of rotatable bonds is 5. The first-order chi connectivity index (χ1) is 11.7. The molecular weight excluding hydrogens is 304 g/mol. The predicted octanol–water partition coefficient (Wildman–Crippen LogP) is 3.36. The van der Waals surface area contributed by atoms with Gasteiger partial charge in [0.25, 0.3) is 0 Å². The van der Waals surface area contributed by atoms with Crippen molar-refractivity contribution >= 4 is 17.3 Å². The summed E-state index contributed by atoms with van der Waals surface area (Å²) in [5.74, 6) is -0.409. The lowest BCUT2D eigenvalue weighted by Gasteiger charge is -2.11. The van der Waals surface area contributed by atoms with Gasteiger partial charge in [0.15, 0.2) is 0 Å². The van der Waals surface area contributed by atoms with Gasteiger partial charge in [-0.3, -0.25) is 4.98 Å². The Morgan fingerprint density at radius 1 is 1.17 bits per heavy atom. The van der Waals surface area contributed by atoms with Crippen LogP contribution in [-0.4, -0.2) is 27.8 Å². The van der Waals surface area contributed by atoms with Crippen LogP contribution in [-0.2, 0) is 11.2 Å². The van der Waals surface area contributed by atoms with Crippen LogP contribution in [0.1, 0.15) is 23.0 Å². The van der Waals surface area contributed by atoms with Gasteiger partial charge in [-0.15, -0.1) is 0 Å². The first kappa shape index (κ1) is 15.7. The fourth-order valence-electron chi connectivity index (χ4n) is 2.54. The van der Waals surface area contributed by atoms with Gasteiger partial charge in [-0.2, -0.15) is 5.10 Å². The molecule has 3 rings (SSSR count). The average Bonchev–Trinajstić information content (AvgIpc) is 3.05. The second-order valence-electron chi connectivity index (χ2n) is 5.14. The summed E-state index contributed by atoms with van der Waals surface area (Å²) in [4.78, 5) is 16.0. The predicted molar refractivity (Wildman–Crippen MR) is 91.8 cm³/mol. The highest BCUT2D eigenvalue weighted by Crippen LogP contribution is 2.25. The van der Waals surface area contributed by atoms with E-state index in [1.54, 1.807) is 24.7 Å². The lowest BCUT2D eigenvalue weighted by Crippen LogP contribution is -2.07. The van der Waals surface area contributed by atoms with Crippen LogP contribution in [0.25, 0.3) is 5.69 Å². The lowest BCUT2D eigenvalue weighted by atomic mass is 10.2. The van der Waals surface area contributed by atoms with Gasteiger partial charge in [0.1, 0.15) is 0 Å². The largest absolute Gasteiger partial charge is 0.465 e. The number of methoxy groups -OCH3 is 1. The quantitative estimate of drug-likeness (QED) is 0.729. The van der Waals surface area contributed by atoms with Crippen molar-refractivity contribution in [1.29, 1.82) is 0 Å². The molecule has 0 fully saturated rings. The van der Waals surface area contributed by atoms with E-state index in [9.17, 15) is 4.79 Å². The standard InChI is InChI=1S/C18H18N4O2/c1-3-17-16(12-20-22(17)13-7-5-4-6-8-13)21-15-11-19-10-9-14(15)18(23)24-2/h4-12,21H,3H2,1-2H3. The highest BCUT2D eigenvalue weighted by Gasteiger charge is 2.15. The molecule has 6 heteroatoms. The monoisotopic (exact) mass is 322 g/mol. The number of ether oxygens (including phenoxy) is 1. The summed E-state index contributed by atoms with van der Waals surface area (Å²) in [5.41, 5.74) is 3.86. The highest BCUT2D eigenvalue weighted by atomic mass is 16.5. The number of pyridine rings is 1. The summed E-state index contributed by atoms with van der Waals surface area (Å²) >= 11 is 0. The maximum absolute atomic E-state index is 11.9. The average molecular weight is 322 g/mol. The third-order valence-electron chi connectivity index (χ3n) is 3.70. The van der Waals surface area contributed by atoms with E-state index in [0.717, 1.165) is 23.5 Å². The molecule has 0 atom stereocenters. The van der Waals surface area contributed by atoms with Crippen LogP contribution < -0.4 is 5.32 Å². The Bertz CT molecular complexity index is 843. The Labute approximate surface area is 140 Å². The van der Waals surface area contributed by atoms with E-state index in [2.05, 4.69) is 22.3 Å². The molecule has 1 N–H and O–H groups in total. The Morgan fingerprint density at radius 2 is 1.96 bits per heavy atom. The van der Waals surface area contributed by atoms with Gasteiger partial charge in [-0.05, 0) is 24.6 Å². The van der Waals surface area contributed by atoms with E-state index in [-0.39, 0.29) is 0 Å². The zero-order valence-electron chi connectivity index (χ0n) is 13.6. The number of esters is 1. The smallest absolute Gasteiger partial charge is 0.340 e. The Morgan fingerprint density at radius 3 is 2.67 bits per heavy atom. The summed E-state index contributed by atoms with van der Waals surface area (Å²) in [6.45, 7) is 2.06. The van der Waals surface area contributed by atoms with Crippen molar-refractivity contribution < 1.29 is 9.53 Å². The van der Waals surface area contributed by atoms with Gasteiger partial charge < -0.3 is 10.1 Å². The Kier molecular flexibility index (Phi) is 4.56. The molecular formula is C18H18N4O2. The minimum absolute atomic E-state index is 0.409. The summed E-state index contributed by atoms with van der Waals surface area (Å²) < 4.78 is 6.70. The van der Waals surface area contributed by atoms with Gasteiger partial charge >= 0.3 is 5.97 Å². The normalized spacial score (nSPS) is 10.4. The zero-order valence-corrected chi connectivity index (χ0v) is 13.6. The summed E-state index contributed by atoms with van der Waals surface area (Å²) in [7, 11) is 1.36. The molecule has 0 unspecified atom stereocenters. The maximum Gasteiger partial charge on any atom is 0.340 e. The highest BCUT2D eigenvalue weighted by molar-refractivity contribution is 5.96. The molecule has 6 nitrogen and oxygen atoms in total. The van der Waals surface area contributed by atoms with Crippen molar-refractivity contribution in [1.82, 2.24) is 14.8 Å². The van der Waals surface area contributed by atoms with Gasteiger partial charge in [0, 0.05) is 6.20 Å². The summed E-state index contributed by atoms with van der Waals surface area (Å²) in [6, 6.07) is 11.5. The molecule has 24 heavy (non-hydrogen) atoms. The number of benzene rings is 1. The van der Waals surface area contributed by atoms with E-state index in [4.69, 9.17) is 4.74 Å². The minimum atomic E-state index is -0.409. The fourth-order valence-corrected chi connectivity index (χ4v) is 2.54. The van der Waals surface area contributed by atoms with Gasteiger partial charge in [0.05, 0.1) is 47.8 Å². The number of anilines is 2. The number of hydrogen-bond acceptors (Lipinski definition) is 5. The van der Waals surface area contributed by atoms with Crippen LogP contribution in [0, 0.1) is 0 Å². The first-order valence-corrected chi connectivity index (χ1v) is 7.66. The fraction of sp³-hybridized carbons (Fsp3) is 0.167. The number of para-hydroxylation sites is 1. The van der Waals surface area contributed by atoms with Crippen LogP contribution in [0.4, 0.5) is 11.4 Å². The van der Waals surface area contributed by atoms with Crippen LogP contribution in [0.5, 0.6) is 0 Å². The Balaban J connectivity index is 1.98. The minimum Gasteiger partial charge on any atom is -0.465 e. The van der Waals surface area contributed by atoms with Crippen LogP contribution in [0.15, 0.2) is 55.0 Å². The van der Waals surface area contributed by atoms with Crippen molar-refractivity contribution in [3.63, 3.8) is 0 Å². The Hall–Kier alpha value is -3.15. The second kappa shape index (κ2) is 6.95. The molecule has 0 bridgehead atoms. The molecule has 0 saturated heterocycles. The van der Waals surface area contributed by atoms with E-state index in [0.29, 0.717) is 11.3 Å². The van der Waals surface area contributed by atoms with Crippen molar-refractivity contribution in [2.75, 3.05) is 12.4 Å². The molecule has 0 aliphatic rings. The van der Waals surface area contributed by atoms with Crippen LogP contribution in [0.3, 0.4) is 0 Å². The SMILES string of the molecule is CCc1c(Nc2cnccc2C(=O)OC)cnn1-c1ccccc1. The van der Waals surface area contributed by atoms with Gasteiger partial charge in [0.2, 0.25) is 0 Å². The van der Waals surface area contributed by atoms with Crippen molar-refractivity contribution in [2.45, 2.75) is 13.3 Å². The second-order valence-corrected chi connectivity index (χ2v) is 5.14. The number of carbonyl (C=O) groups excluding carboxylic acids is 1. The molecule has 3 aromatic rings. The van der Waals surface area contributed by atoms with E-state index in [1.165, 1.54) is 7.11 Å². The molecule has 0 radical (unpaired) electrons. The topological polar surface area (TPSA) is 69.0 Å². The molecule has 0 amide bonds. The molecule has 1 aromatic carbocycles.